The van der Waals surface area contributed by atoms with Gasteiger partial charge in [0.2, 0.25) is 23.6 Å². The SMILES string of the molecule is CC(C)[C@H](NC(=O)CCCCCN1C(=O)C=CC1=O)C(=O)C[C@@H](CCCNC(N)=O)C(=O)Nc1ccc(COC(=O)N(C)[C@H](C(=O)C[C@H](C)C(C)C)C(C)C)cc1.CC[C@H](C)[C@@H]([C@@H](CC(=O)N1CCC[C@H]1[C@H](OC)[C@@H](C)C(=O)C[C@H](C)[C@@H](O)c1ccccc1)OC)N(C)C(C)=O. The molecule has 96 heavy (non-hydrogen) atoms. The van der Waals surface area contributed by atoms with Crippen LogP contribution in [0.5, 0.6) is 0 Å². The predicted octanol–water partition coefficient (Wildman–Crippen LogP) is 9.38. The lowest BCUT2D eigenvalue weighted by atomic mass is 9.85. The van der Waals surface area contributed by atoms with E-state index in [0.29, 0.717) is 55.8 Å². The molecule has 1 fully saturated rings. The third kappa shape index (κ3) is 26.2. The molecule has 0 spiro atoms. The summed E-state index contributed by atoms with van der Waals surface area (Å²) in [4.78, 5) is 146. The Labute approximate surface area is 570 Å². The summed E-state index contributed by atoms with van der Waals surface area (Å²) in [5.41, 5.74) is 7.09. The predicted molar refractivity (Wildman–Crippen MR) is 368 cm³/mol. The number of carbonyl (C=O) groups excluding carboxylic acids is 11. The second kappa shape index (κ2) is 41.7. The first-order valence-corrected chi connectivity index (χ1v) is 34.3. The molecule has 0 aliphatic carbocycles. The number of unbranched alkanes of at least 4 members (excludes halogenated alkanes) is 2. The number of ether oxygens (including phenoxy) is 3. The van der Waals surface area contributed by atoms with Crippen LogP contribution in [0.1, 0.15) is 184 Å². The number of anilines is 1. The third-order valence-corrected chi connectivity index (χ3v) is 19.0. The van der Waals surface area contributed by atoms with Gasteiger partial charge >= 0.3 is 12.1 Å². The molecule has 12 atom stereocenters. The van der Waals surface area contributed by atoms with E-state index in [4.69, 9.17) is 19.9 Å². The van der Waals surface area contributed by atoms with Gasteiger partial charge in [0.25, 0.3) is 11.8 Å². The average molecular weight is 1340 g/mol. The summed E-state index contributed by atoms with van der Waals surface area (Å²) < 4.78 is 17.2. The molecule has 1 saturated heterocycles. The Balaban J connectivity index is 0.000000536. The molecule has 0 saturated carbocycles. The Bertz CT molecular complexity index is 2870. The summed E-state index contributed by atoms with van der Waals surface area (Å²) >= 11 is 0. The Morgan fingerprint density at radius 2 is 1.33 bits per heavy atom. The summed E-state index contributed by atoms with van der Waals surface area (Å²) in [5, 5.41) is 18.9. The molecular formula is C73H114N8O15. The number of nitrogens with one attached hydrogen (secondary N) is 3. The number of nitrogens with two attached hydrogens (primary N) is 1. The Hall–Kier alpha value is -7.37. The van der Waals surface area contributed by atoms with Crippen molar-refractivity contribution >= 4 is 70.6 Å². The van der Waals surface area contributed by atoms with Crippen molar-refractivity contribution in [2.45, 2.75) is 216 Å². The first-order valence-electron chi connectivity index (χ1n) is 34.3. The topological polar surface area (TPSA) is 311 Å². The van der Waals surface area contributed by atoms with Gasteiger partial charge in [-0.25, -0.2) is 9.59 Å². The van der Waals surface area contributed by atoms with Crippen molar-refractivity contribution in [3.05, 3.63) is 77.9 Å². The maximum absolute atomic E-state index is 13.6. The average Bonchev–Trinajstić information content (AvgIpc) is 1.52. The molecular weight excluding hydrogens is 1230 g/mol. The molecule has 2 aromatic rings. The summed E-state index contributed by atoms with van der Waals surface area (Å²) in [6.45, 7) is 24.0. The van der Waals surface area contributed by atoms with Gasteiger partial charge in [-0.05, 0) is 97.3 Å². The van der Waals surface area contributed by atoms with Crippen LogP contribution in [0.4, 0.5) is 15.3 Å². The number of rotatable bonds is 40. The second-order valence-electron chi connectivity index (χ2n) is 27.3. The zero-order valence-electron chi connectivity index (χ0n) is 60.1. The number of amides is 9. The van der Waals surface area contributed by atoms with E-state index in [0.717, 1.165) is 29.7 Å². The van der Waals surface area contributed by atoms with Crippen molar-refractivity contribution in [1.82, 2.24) is 30.2 Å². The smallest absolute Gasteiger partial charge is 0.410 e. The first-order chi connectivity index (χ1) is 45.3. The van der Waals surface area contributed by atoms with Crippen LogP contribution < -0.4 is 21.7 Å². The summed E-state index contributed by atoms with van der Waals surface area (Å²) in [6, 6.07) is 13.5. The molecule has 2 aliphatic heterocycles. The summed E-state index contributed by atoms with van der Waals surface area (Å²) in [6.07, 6.45) is 5.69. The van der Waals surface area contributed by atoms with Gasteiger partial charge in [-0.3, -0.25) is 48.1 Å². The van der Waals surface area contributed by atoms with E-state index in [1.54, 1.807) is 71.3 Å². The molecule has 2 heterocycles. The molecule has 2 aromatic carbocycles. The number of nitrogens with zero attached hydrogens (tertiary/aromatic N) is 4. The number of aliphatic hydroxyl groups excluding tert-OH is 1. The van der Waals surface area contributed by atoms with E-state index < -0.39 is 60.3 Å². The van der Waals surface area contributed by atoms with Crippen LogP contribution >= 0.6 is 0 Å². The van der Waals surface area contributed by atoms with E-state index in [2.05, 4.69) is 43.6 Å². The van der Waals surface area contributed by atoms with Crippen LogP contribution in [0, 0.1) is 47.3 Å². The van der Waals surface area contributed by atoms with Crippen molar-refractivity contribution in [3.8, 4) is 0 Å². The minimum absolute atomic E-state index is 0.00550. The normalized spacial score (nSPS) is 17.2. The standard InChI is InChI=1S/C42H64N6O9.C31H50N2O6/c1-26(2)29(7)23-34(50)39(28(5)6)47(8)42(56)57-25-30-15-17-32(18-16-30)45-40(54)31(13-12-21-44-41(43)55)24-33(49)38(27(3)4)46-35(51)14-10-9-11-22-48-36(52)19-20-37(48)53;1-9-20(2)29(32(6)23(5)34)27(38-7)19-28(36)33-17-13-16-25(33)31(39-8)22(4)26(35)18-21(3)30(37)24-14-11-10-12-15-24/h15-20,26-29,31,38-39H,9-14,21-25H2,1-8H3,(H,45,54)(H,46,51)(H3,43,44,55);10-12,14-15,20-22,25,27,29-31,37H,9,13,16-19H2,1-8H3/t29-,31+,38-,39-;20-,21-,22-,25-,27+,29-,30+,31+/m00/s1. The Morgan fingerprint density at radius 1 is 0.708 bits per heavy atom. The lowest BCUT2D eigenvalue weighted by Crippen LogP contribution is -2.52. The van der Waals surface area contributed by atoms with Gasteiger partial charge in [0.15, 0.2) is 11.6 Å². The fourth-order valence-corrected chi connectivity index (χ4v) is 12.5. The highest BCUT2D eigenvalue weighted by atomic mass is 16.6. The van der Waals surface area contributed by atoms with Gasteiger partial charge in [0.1, 0.15) is 12.4 Å². The van der Waals surface area contributed by atoms with Crippen LogP contribution in [0.2, 0.25) is 0 Å². The van der Waals surface area contributed by atoms with E-state index in [1.807, 2.05) is 69.9 Å². The molecule has 23 nitrogen and oxygen atoms in total. The molecule has 6 N–H and O–H groups in total. The van der Waals surface area contributed by atoms with Crippen LogP contribution in [0.25, 0.3) is 0 Å². The number of methoxy groups -OCH3 is 2. The lowest BCUT2D eigenvalue weighted by Gasteiger charge is -2.39. The van der Waals surface area contributed by atoms with Crippen molar-refractivity contribution < 1.29 is 72.1 Å². The van der Waals surface area contributed by atoms with E-state index in [9.17, 15) is 57.8 Å². The highest BCUT2D eigenvalue weighted by Crippen LogP contribution is 2.33. The van der Waals surface area contributed by atoms with E-state index in [1.165, 1.54) is 24.0 Å². The van der Waals surface area contributed by atoms with Crippen molar-refractivity contribution in [2.24, 2.45) is 53.1 Å². The number of likely N-dealkylation sites (N-methyl/N-ethyl adjacent to an activating group) is 2. The number of Topliss-reactive ketones (excluding diaryl/α,β-unsaturated/α-hetero) is 3. The van der Waals surface area contributed by atoms with Crippen molar-refractivity contribution in [2.75, 3.05) is 53.3 Å². The molecule has 23 heteroatoms. The number of benzene rings is 2. The minimum atomic E-state index is -0.832. The number of hydrogen-bond acceptors (Lipinski definition) is 15. The lowest BCUT2D eigenvalue weighted by molar-refractivity contribution is -0.145. The summed E-state index contributed by atoms with van der Waals surface area (Å²) in [7, 11) is 6.51. The molecule has 4 rings (SSSR count). The molecule has 536 valence electrons. The number of likely N-dealkylation sites (tertiary alicyclic amines) is 1. The molecule has 0 aromatic heterocycles. The number of primary amides is 1. The molecule has 9 amide bonds. The number of carbonyl (C=O) groups is 11. The van der Waals surface area contributed by atoms with Crippen LogP contribution in [0.15, 0.2) is 66.7 Å². The molecule has 2 aliphatic rings. The largest absolute Gasteiger partial charge is 0.445 e. The fraction of sp³-hybridized carbons (Fsp3) is 0.658. The molecule has 0 radical (unpaired) electrons. The van der Waals surface area contributed by atoms with Gasteiger partial charge in [0, 0.05) is 110 Å². The zero-order chi connectivity index (χ0) is 72.1. The number of ketones is 3. The first kappa shape index (κ1) is 82.9. The fourth-order valence-electron chi connectivity index (χ4n) is 12.5. The van der Waals surface area contributed by atoms with E-state index >= 15 is 0 Å². The third-order valence-electron chi connectivity index (χ3n) is 19.0. The number of hydrogen-bond donors (Lipinski definition) is 5. The quantitative estimate of drug-likeness (QED) is 0.0306. The number of urea groups is 1. The monoisotopic (exact) mass is 1340 g/mol. The maximum atomic E-state index is 13.6. The van der Waals surface area contributed by atoms with Crippen molar-refractivity contribution in [3.63, 3.8) is 0 Å². The Morgan fingerprint density at radius 3 is 1.89 bits per heavy atom. The van der Waals surface area contributed by atoms with Crippen LogP contribution in [-0.4, -0.2) is 174 Å². The highest BCUT2D eigenvalue weighted by Gasteiger charge is 2.42. The molecule has 0 unspecified atom stereocenters. The highest BCUT2D eigenvalue weighted by molar-refractivity contribution is 6.12. The maximum Gasteiger partial charge on any atom is 0.410 e. The molecule has 0 bridgehead atoms. The number of imide groups is 1. The Kier molecular flexibility index (Phi) is 36.0. The second-order valence-corrected chi connectivity index (χ2v) is 27.3. The van der Waals surface area contributed by atoms with Crippen molar-refractivity contribution in [1.29, 1.82) is 0 Å². The van der Waals surface area contributed by atoms with Gasteiger partial charge in [0.05, 0.1) is 48.9 Å². The van der Waals surface area contributed by atoms with Gasteiger partial charge in [-0.2, -0.15) is 0 Å². The van der Waals surface area contributed by atoms with E-state index in [-0.39, 0.29) is 140 Å². The van der Waals surface area contributed by atoms with Crippen LogP contribution in [-0.2, 0) is 64.0 Å². The zero-order valence-corrected chi connectivity index (χ0v) is 60.1. The van der Waals surface area contributed by atoms with Gasteiger partial charge < -0.3 is 55.7 Å². The minimum Gasteiger partial charge on any atom is -0.445 e. The number of aliphatic hydroxyl groups is 1. The van der Waals surface area contributed by atoms with Gasteiger partial charge in [-0.15, -0.1) is 0 Å². The van der Waals surface area contributed by atoms with Gasteiger partial charge in [-0.1, -0.05) is 131 Å². The summed E-state index contributed by atoms with van der Waals surface area (Å²) in [5.74, 6) is -2.99. The van der Waals surface area contributed by atoms with Crippen LogP contribution in [0.3, 0.4) is 0 Å².